The molecular formula is C5H10OS2. The maximum absolute atomic E-state index is 10.7. The molecule has 0 radical (unpaired) electrons. The molecule has 1 heterocycles. The van der Waals surface area contributed by atoms with Gasteiger partial charge in [0.1, 0.15) is 0 Å². The molecule has 1 aliphatic heterocycles. The van der Waals surface area contributed by atoms with Crippen LogP contribution in [0.1, 0.15) is 13.3 Å². The van der Waals surface area contributed by atoms with E-state index in [1.54, 1.807) is 10.8 Å². The third-order valence-corrected chi connectivity index (χ3v) is 4.60. The Morgan fingerprint density at radius 3 is 2.88 bits per heavy atom. The van der Waals surface area contributed by atoms with Gasteiger partial charge in [-0.1, -0.05) is 24.1 Å². The molecule has 1 nitrogen and oxygen atoms in total. The van der Waals surface area contributed by atoms with E-state index in [9.17, 15) is 4.21 Å². The molecule has 0 spiro atoms. The summed E-state index contributed by atoms with van der Waals surface area (Å²) in [6.45, 7) is 2.16. The van der Waals surface area contributed by atoms with Crippen molar-refractivity contribution in [2.24, 2.45) is 5.92 Å². The molecule has 0 aromatic carbocycles. The van der Waals surface area contributed by atoms with E-state index in [-0.39, 0.29) is 0 Å². The second-order valence-corrected chi connectivity index (χ2v) is 5.36. The molecule has 0 aliphatic carbocycles. The van der Waals surface area contributed by atoms with E-state index in [1.807, 2.05) is 0 Å². The van der Waals surface area contributed by atoms with Crippen molar-refractivity contribution in [1.82, 2.24) is 0 Å². The number of hydrogen-bond acceptors (Lipinski definition) is 2. The molecule has 1 fully saturated rings. The zero-order chi connectivity index (χ0) is 5.98. The molecular weight excluding hydrogens is 140 g/mol. The zero-order valence-corrected chi connectivity index (χ0v) is 6.56. The highest BCUT2D eigenvalue weighted by molar-refractivity contribution is 8.69. The minimum absolute atomic E-state index is 0.536. The van der Waals surface area contributed by atoms with Crippen LogP contribution in [0.2, 0.25) is 0 Å². The topological polar surface area (TPSA) is 17.1 Å². The average Bonchev–Trinajstić information content (AvgIpc) is 2.14. The van der Waals surface area contributed by atoms with E-state index >= 15 is 0 Å². The molecule has 0 aromatic rings. The lowest BCUT2D eigenvalue weighted by Gasteiger charge is -1.96. The molecule has 8 heavy (non-hydrogen) atoms. The summed E-state index contributed by atoms with van der Waals surface area (Å²) in [5, 5.41) is 0. The fourth-order valence-corrected chi connectivity index (χ4v) is 4.28. The van der Waals surface area contributed by atoms with Crippen LogP contribution in [0.5, 0.6) is 0 Å². The summed E-state index contributed by atoms with van der Waals surface area (Å²) in [6.07, 6.45) is 1.19. The van der Waals surface area contributed by atoms with E-state index in [0.29, 0.717) is 0 Å². The van der Waals surface area contributed by atoms with Crippen LogP contribution in [0.4, 0.5) is 0 Å². The van der Waals surface area contributed by atoms with Crippen molar-refractivity contribution in [3.05, 3.63) is 0 Å². The van der Waals surface area contributed by atoms with Crippen LogP contribution < -0.4 is 0 Å². The van der Waals surface area contributed by atoms with E-state index < -0.39 is 9.83 Å². The van der Waals surface area contributed by atoms with Gasteiger partial charge in [0.15, 0.2) is 0 Å². The maximum atomic E-state index is 10.7. The Kier molecular flexibility index (Phi) is 2.38. The molecule has 1 aliphatic rings. The molecule has 3 heteroatoms. The molecule has 0 bridgehead atoms. The lowest BCUT2D eigenvalue weighted by Crippen LogP contribution is -1.99. The highest BCUT2D eigenvalue weighted by atomic mass is 33.1. The van der Waals surface area contributed by atoms with Crippen molar-refractivity contribution < 1.29 is 4.21 Å². The van der Waals surface area contributed by atoms with Gasteiger partial charge in [0.25, 0.3) is 0 Å². The highest BCUT2D eigenvalue weighted by Gasteiger charge is 2.19. The lowest BCUT2D eigenvalue weighted by molar-refractivity contribution is 0.638. The largest absolute Gasteiger partial charge is 0.248 e. The molecule has 0 aromatic heterocycles. The van der Waals surface area contributed by atoms with E-state index in [0.717, 1.165) is 17.4 Å². The van der Waals surface area contributed by atoms with Gasteiger partial charge in [-0.05, 0) is 5.92 Å². The highest BCUT2D eigenvalue weighted by Crippen LogP contribution is 2.25. The normalized spacial score (nSPS) is 38.1. The summed E-state index contributed by atoms with van der Waals surface area (Å²) < 4.78 is 10.7. The Hall–Kier alpha value is 0.500. The monoisotopic (exact) mass is 150 g/mol. The summed E-state index contributed by atoms with van der Waals surface area (Å²) >= 11 is 0. The van der Waals surface area contributed by atoms with Crippen LogP contribution in [0.3, 0.4) is 0 Å². The van der Waals surface area contributed by atoms with Gasteiger partial charge in [-0.15, -0.1) is 0 Å². The Morgan fingerprint density at radius 1 is 1.88 bits per heavy atom. The van der Waals surface area contributed by atoms with Crippen molar-refractivity contribution in [2.75, 3.05) is 11.5 Å². The molecule has 1 rings (SSSR count). The molecule has 0 N–H and O–H groups in total. The van der Waals surface area contributed by atoms with Crippen molar-refractivity contribution in [3.63, 3.8) is 0 Å². The smallest absolute Gasteiger partial charge is 0.0807 e. The predicted octanol–water partition coefficient (Wildman–Crippen LogP) is 1.42. The first-order valence-electron chi connectivity index (χ1n) is 2.84. The Morgan fingerprint density at radius 2 is 2.62 bits per heavy atom. The third-order valence-electron chi connectivity index (χ3n) is 1.38. The molecule has 2 unspecified atom stereocenters. The summed E-state index contributed by atoms with van der Waals surface area (Å²) in [4.78, 5) is 0. The molecule has 2 atom stereocenters. The van der Waals surface area contributed by atoms with Gasteiger partial charge in [0.2, 0.25) is 0 Å². The fraction of sp³-hybridized carbons (Fsp3) is 1.00. The molecule has 0 saturated carbocycles. The third kappa shape index (κ3) is 1.49. The average molecular weight is 150 g/mol. The maximum Gasteiger partial charge on any atom is 0.0807 e. The summed E-state index contributed by atoms with van der Waals surface area (Å²) in [5.74, 6) is 2.78. The van der Waals surface area contributed by atoms with Gasteiger partial charge < -0.3 is 0 Å². The SMILES string of the molecule is CCC1CSS(=O)C1. The lowest BCUT2D eigenvalue weighted by atomic mass is 10.2. The second kappa shape index (κ2) is 2.87. The summed E-state index contributed by atoms with van der Waals surface area (Å²) in [6, 6.07) is 0. The van der Waals surface area contributed by atoms with E-state index in [2.05, 4.69) is 6.92 Å². The van der Waals surface area contributed by atoms with Gasteiger partial charge in [-0.3, -0.25) is 0 Å². The summed E-state index contributed by atoms with van der Waals surface area (Å²) in [5.41, 5.74) is 0. The Balaban J connectivity index is 2.32. The van der Waals surface area contributed by atoms with Gasteiger partial charge in [0.05, 0.1) is 9.83 Å². The number of rotatable bonds is 1. The zero-order valence-electron chi connectivity index (χ0n) is 4.92. The van der Waals surface area contributed by atoms with Crippen LogP contribution in [-0.4, -0.2) is 15.7 Å². The van der Waals surface area contributed by atoms with Crippen LogP contribution in [0, 0.1) is 5.92 Å². The quantitative estimate of drug-likeness (QED) is 0.526. The van der Waals surface area contributed by atoms with Crippen molar-refractivity contribution >= 4 is 20.6 Å². The van der Waals surface area contributed by atoms with Crippen LogP contribution in [0.15, 0.2) is 0 Å². The first kappa shape index (κ1) is 6.62. The Labute approximate surface area is 56.1 Å². The van der Waals surface area contributed by atoms with Gasteiger partial charge in [0, 0.05) is 11.5 Å². The minimum atomic E-state index is -0.536. The standard InChI is InChI=1S/C5H10OS2/c1-2-5-3-7-8(6)4-5/h5H,2-4H2,1H3. The van der Waals surface area contributed by atoms with Crippen LogP contribution in [0.25, 0.3) is 0 Å². The first-order valence-corrected chi connectivity index (χ1v) is 5.66. The second-order valence-electron chi connectivity index (χ2n) is 2.03. The minimum Gasteiger partial charge on any atom is -0.248 e. The Bertz CT molecular complexity index is 103. The summed E-state index contributed by atoms with van der Waals surface area (Å²) in [7, 11) is 1.07. The van der Waals surface area contributed by atoms with Crippen molar-refractivity contribution in [2.45, 2.75) is 13.3 Å². The van der Waals surface area contributed by atoms with E-state index in [4.69, 9.17) is 0 Å². The molecule has 48 valence electrons. The van der Waals surface area contributed by atoms with Gasteiger partial charge in [-0.2, -0.15) is 0 Å². The fourth-order valence-electron chi connectivity index (χ4n) is 0.696. The van der Waals surface area contributed by atoms with Crippen LogP contribution >= 0.6 is 10.8 Å². The van der Waals surface area contributed by atoms with Gasteiger partial charge >= 0.3 is 0 Å². The van der Waals surface area contributed by atoms with Crippen molar-refractivity contribution in [3.8, 4) is 0 Å². The first-order chi connectivity index (χ1) is 3.83. The molecule has 1 saturated heterocycles. The van der Waals surface area contributed by atoms with Crippen molar-refractivity contribution in [1.29, 1.82) is 0 Å². The predicted molar refractivity (Wildman–Crippen MR) is 39.2 cm³/mol. The van der Waals surface area contributed by atoms with Crippen LogP contribution in [-0.2, 0) is 9.83 Å². The molecule has 0 amide bonds. The number of hydrogen-bond donors (Lipinski definition) is 0. The van der Waals surface area contributed by atoms with Gasteiger partial charge in [-0.25, -0.2) is 4.21 Å². The van der Waals surface area contributed by atoms with E-state index in [1.165, 1.54) is 6.42 Å².